The lowest BCUT2D eigenvalue weighted by atomic mass is 10.3. The van der Waals surface area contributed by atoms with Crippen LogP contribution >= 0.6 is 0 Å². The zero-order valence-electron chi connectivity index (χ0n) is 10.7. The molecule has 0 aliphatic rings. The van der Waals surface area contributed by atoms with E-state index in [0.717, 1.165) is 0 Å². The van der Waals surface area contributed by atoms with Crippen molar-refractivity contribution in [2.24, 2.45) is 10.2 Å². The van der Waals surface area contributed by atoms with Crippen molar-refractivity contribution in [1.29, 1.82) is 0 Å². The van der Waals surface area contributed by atoms with Crippen molar-refractivity contribution in [1.82, 2.24) is 5.43 Å². The van der Waals surface area contributed by atoms with E-state index in [1.807, 2.05) is 0 Å². The monoisotopic (exact) mass is 308 g/mol. The first-order valence-corrected chi connectivity index (χ1v) is 7.26. The SMILES string of the molecule is NS(=O)(=O)c1ccc(NC(=O)N/N=C/c2ccco2)cc1. The number of hydrogen-bond donors (Lipinski definition) is 3. The molecule has 0 aliphatic heterocycles. The van der Waals surface area contributed by atoms with Crippen LogP contribution < -0.4 is 15.9 Å². The van der Waals surface area contributed by atoms with Crippen molar-refractivity contribution in [3.63, 3.8) is 0 Å². The molecule has 2 amide bonds. The number of hydrazone groups is 1. The van der Waals surface area contributed by atoms with Gasteiger partial charge in [0.25, 0.3) is 0 Å². The molecule has 1 heterocycles. The molecule has 1 aromatic heterocycles. The highest BCUT2D eigenvalue weighted by atomic mass is 32.2. The molecule has 0 atom stereocenters. The number of amides is 2. The quantitative estimate of drug-likeness (QED) is 0.577. The van der Waals surface area contributed by atoms with Gasteiger partial charge in [-0.25, -0.2) is 23.8 Å². The van der Waals surface area contributed by atoms with Gasteiger partial charge in [-0.1, -0.05) is 0 Å². The number of primary sulfonamides is 1. The van der Waals surface area contributed by atoms with Crippen molar-refractivity contribution in [3.8, 4) is 0 Å². The van der Waals surface area contributed by atoms with Crippen molar-refractivity contribution in [2.45, 2.75) is 4.90 Å². The number of nitrogens with one attached hydrogen (secondary N) is 2. The first kappa shape index (κ1) is 14.8. The Hall–Kier alpha value is -2.65. The van der Waals surface area contributed by atoms with Gasteiger partial charge in [0.15, 0.2) is 0 Å². The Kier molecular flexibility index (Phi) is 4.36. The molecule has 0 bridgehead atoms. The third kappa shape index (κ3) is 4.44. The number of carbonyl (C=O) groups is 1. The maximum absolute atomic E-state index is 11.5. The van der Waals surface area contributed by atoms with E-state index < -0.39 is 16.1 Å². The minimum atomic E-state index is -3.75. The number of anilines is 1. The molecule has 0 spiro atoms. The highest BCUT2D eigenvalue weighted by Crippen LogP contribution is 2.12. The zero-order chi connectivity index (χ0) is 15.3. The Morgan fingerprint density at radius 2 is 1.95 bits per heavy atom. The summed E-state index contributed by atoms with van der Waals surface area (Å²) in [7, 11) is -3.75. The van der Waals surface area contributed by atoms with E-state index in [1.165, 1.54) is 36.7 Å². The molecule has 0 saturated carbocycles. The second-order valence-electron chi connectivity index (χ2n) is 3.91. The Balaban J connectivity index is 1.91. The fraction of sp³-hybridized carbons (Fsp3) is 0. The van der Waals surface area contributed by atoms with Crippen LogP contribution in [0.4, 0.5) is 10.5 Å². The number of sulfonamides is 1. The lowest BCUT2D eigenvalue weighted by Gasteiger charge is -2.04. The topological polar surface area (TPSA) is 127 Å². The Labute approximate surface area is 120 Å². The first-order chi connectivity index (χ1) is 9.95. The summed E-state index contributed by atoms with van der Waals surface area (Å²) in [4.78, 5) is 11.5. The molecule has 21 heavy (non-hydrogen) atoms. The van der Waals surface area contributed by atoms with Gasteiger partial charge in [0.1, 0.15) is 5.76 Å². The van der Waals surface area contributed by atoms with Crippen LogP contribution in [0.2, 0.25) is 0 Å². The molecule has 4 N–H and O–H groups in total. The Morgan fingerprint density at radius 3 is 2.52 bits per heavy atom. The van der Waals surface area contributed by atoms with Crippen molar-refractivity contribution < 1.29 is 17.6 Å². The normalized spacial score (nSPS) is 11.5. The predicted molar refractivity (Wildman–Crippen MR) is 76.3 cm³/mol. The van der Waals surface area contributed by atoms with Crippen molar-refractivity contribution in [3.05, 3.63) is 48.4 Å². The number of furan rings is 1. The van der Waals surface area contributed by atoms with Gasteiger partial charge in [0, 0.05) is 5.69 Å². The molecule has 0 saturated heterocycles. The lowest BCUT2D eigenvalue weighted by Crippen LogP contribution is -2.24. The van der Waals surface area contributed by atoms with Crippen LogP contribution in [0.5, 0.6) is 0 Å². The van der Waals surface area contributed by atoms with E-state index in [0.29, 0.717) is 11.4 Å². The largest absolute Gasteiger partial charge is 0.463 e. The molecule has 2 aromatic rings. The standard InChI is InChI=1S/C12H12N4O4S/c13-21(18,19)11-5-3-9(4-6-11)15-12(17)16-14-8-10-2-1-7-20-10/h1-8H,(H2,13,18,19)(H2,15,16,17)/b14-8+. The average Bonchev–Trinajstić information content (AvgIpc) is 2.91. The second kappa shape index (κ2) is 6.20. The fourth-order valence-corrected chi connectivity index (χ4v) is 1.92. The molecule has 110 valence electrons. The first-order valence-electron chi connectivity index (χ1n) is 5.71. The van der Waals surface area contributed by atoms with E-state index in [2.05, 4.69) is 15.8 Å². The molecular formula is C12H12N4O4S. The maximum atomic E-state index is 11.5. The van der Waals surface area contributed by atoms with Crippen molar-refractivity contribution >= 4 is 28.0 Å². The van der Waals surface area contributed by atoms with E-state index in [4.69, 9.17) is 9.56 Å². The smallest absolute Gasteiger partial charge is 0.339 e. The maximum Gasteiger partial charge on any atom is 0.339 e. The van der Waals surface area contributed by atoms with Crippen LogP contribution in [-0.4, -0.2) is 20.7 Å². The second-order valence-corrected chi connectivity index (χ2v) is 5.47. The molecule has 0 unspecified atom stereocenters. The summed E-state index contributed by atoms with van der Waals surface area (Å²) in [6.07, 6.45) is 2.82. The average molecular weight is 308 g/mol. The van der Waals surface area contributed by atoms with Crippen molar-refractivity contribution in [2.75, 3.05) is 5.32 Å². The molecule has 0 aliphatic carbocycles. The summed E-state index contributed by atoms with van der Waals surface area (Å²) in [5.74, 6) is 0.493. The van der Waals surface area contributed by atoms with Crippen LogP contribution in [0.25, 0.3) is 0 Å². The third-order valence-electron chi connectivity index (χ3n) is 2.34. The van der Waals surface area contributed by atoms with Gasteiger partial charge in [0.2, 0.25) is 10.0 Å². The number of carbonyl (C=O) groups excluding carboxylic acids is 1. The minimum absolute atomic E-state index is 0.0377. The summed E-state index contributed by atoms with van der Waals surface area (Å²) in [6, 6.07) is 8.18. The number of urea groups is 1. The Bertz CT molecular complexity index is 736. The number of nitrogens with two attached hydrogens (primary N) is 1. The number of benzene rings is 1. The molecule has 2 rings (SSSR count). The molecule has 8 nitrogen and oxygen atoms in total. The fourth-order valence-electron chi connectivity index (χ4n) is 1.41. The van der Waals surface area contributed by atoms with E-state index in [-0.39, 0.29) is 4.90 Å². The van der Waals surface area contributed by atoms with Gasteiger partial charge in [-0.3, -0.25) is 0 Å². The van der Waals surface area contributed by atoms with Crippen LogP contribution in [0.15, 0.2) is 57.1 Å². The summed E-state index contributed by atoms with van der Waals surface area (Å²) < 4.78 is 27.1. The summed E-state index contributed by atoms with van der Waals surface area (Å²) in [5.41, 5.74) is 2.63. The lowest BCUT2D eigenvalue weighted by molar-refractivity contribution is 0.252. The van der Waals surface area contributed by atoms with E-state index in [9.17, 15) is 13.2 Å². The zero-order valence-corrected chi connectivity index (χ0v) is 11.5. The van der Waals surface area contributed by atoms with Crippen LogP contribution in [0, 0.1) is 0 Å². The summed E-state index contributed by atoms with van der Waals surface area (Å²) in [6.45, 7) is 0. The van der Waals surface area contributed by atoms with Gasteiger partial charge < -0.3 is 9.73 Å². The molecule has 0 fully saturated rings. The van der Waals surface area contributed by atoms with Gasteiger partial charge in [-0.15, -0.1) is 0 Å². The van der Waals surface area contributed by atoms with Crippen LogP contribution in [-0.2, 0) is 10.0 Å². The summed E-state index contributed by atoms with van der Waals surface area (Å²) >= 11 is 0. The minimum Gasteiger partial charge on any atom is -0.463 e. The third-order valence-corrected chi connectivity index (χ3v) is 3.27. The van der Waals surface area contributed by atoms with Gasteiger partial charge in [-0.05, 0) is 36.4 Å². The predicted octanol–water partition coefficient (Wildman–Crippen LogP) is 1.08. The molecule has 9 heteroatoms. The highest BCUT2D eigenvalue weighted by Gasteiger charge is 2.07. The Morgan fingerprint density at radius 1 is 1.24 bits per heavy atom. The van der Waals surface area contributed by atoms with Gasteiger partial charge >= 0.3 is 6.03 Å². The van der Waals surface area contributed by atoms with E-state index in [1.54, 1.807) is 12.1 Å². The van der Waals surface area contributed by atoms with Gasteiger partial charge in [0.05, 0.1) is 17.4 Å². The summed E-state index contributed by atoms with van der Waals surface area (Å²) in [5, 5.41) is 11.1. The van der Waals surface area contributed by atoms with Crippen LogP contribution in [0.3, 0.4) is 0 Å². The molecular weight excluding hydrogens is 296 g/mol. The highest BCUT2D eigenvalue weighted by molar-refractivity contribution is 7.89. The molecule has 1 aromatic carbocycles. The van der Waals surface area contributed by atoms with Gasteiger partial charge in [-0.2, -0.15) is 5.10 Å². The number of hydrogen-bond acceptors (Lipinski definition) is 5. The van der Waals surface area contributed by atoms with Crippen LogP contribution in [0.1, 0.15) is 5.76 Å². The number of rotatable bonds is 4. The number of nitrogens with zero attached hydrogens (tertiary/aromatic N) is 1. The molecule has 0 radical (unpaired) electrons. The van der Waals surface area contributed by atoms with E-state index >= 15 is 0 Å².